The van der Waals surface area contributed by atoms with Gasteiger partial charge in [-0.25, -0.2) is 0 Å². The Bertz CT molecular complexity index is 817. The molecule has 148 valence electrons. The predicted octanol–water partition coefficient (Wildman–Crippen LogP) is 0.818. The molecule has 0 fully saturated rings. The first-order valence-electron chi connectivity index (χ1n) is 8.86. The van der Waals surface area contributed by atoms with Crippen LogP contribution in [0, 0.1) is 10.1 Å². The third-order valence-electron chi connectivity index (χ3n) is 4.42. The smallest absolute Gasteiger partial charge is 0.423 e. The molecule has 0 amide bonds. The van der Waals surface area contributed by atoms with E-state index in [-0.39, 0.29) is 13.2 Å². The summed E-state index contributed by atoms with van der Waals surface area (Å²) in [6.07, 6.45) is 0. The van der Waals surface area contributed by atoms with Gasteiger partial charge in [-0.3, -0.25) is 10.1 Å². The van der Waals surface area contributed by atoms with Gasteiger partial charge < -0.3 is 24.3 Å². The summed E-state index contributed by atoms with van der Waals surface area (Å²) < 4.78 is 16.7. The highest BCUT2D eigenvalue weighted by Crippen LogP contribution is 2.33. The van der Waals surface area contributed by atoms with Crippen molar-refractivity contribution in [3.63, 3.8) is 0 Å². The third kappa shape index (κ3) is 4.75. The quantitative estimate of drug-likeness (QED) is 0.372. The zero-order chi connectivity index (χ0) is 20.2. The minimum atomic E-state index is -1.77. The van der Waals surface area contributed by atoms with Gasteiger partial charge in [0.05, 0.1) is 19.8 Å². The maximum atomic E-state index is 11.2. The number of rotatable bonds is 9. The molecule has 2 aromatic rings. The van der Waals surface area contributed by atoms with E-state index in [9.17, 15) is 20.2 Å². The Morgan fingerprint density at radius 1 is 1.18 bits per heavy atom. The summed E-state index contributed by atoms with van der Waals surface area (Å²) in [4.78, 5) is 10.6. The second kappa shape index (κ2) is 8.38. The number of hydrogen-bond donors (Lipinski definition) is 2. The number of benzene rings is 2. The highest BCUT2D eigenvalue weighted by molar-refractivity contribution is 6.61. The number of fused-ring (bicyclic) bond motifs is 1. The fourth-order valence-electron chi connectivity index (χ4n) is 3.09. The van der Waals surface area contributed by atoms with Crippen molar-refractivity contribution in [3.8, 4) is 0 Å². The SMILES string of the molecule is CC(O)(COCc1ccccc1)COC1(C[N+](=O)[O-])OB(O)c2ccccc21. The van der Waals surface area contributed by atoms with Crippen molar-refractivity contribution in [2.45, 2.75) is 24.9 Å². The Labute approximate surface area is 163 Å². The zero-order valence-corrected chi connectivity index (χ0v) is 15.5. The summed E-state index contributed by atoms with van der Waals surface area (Å²) in [6, 6.07) is 16.1. The van der Waals surface area contributed by atoms with E-state index < -0.39 is 30.0 Å². The molecule has 1 heterocycles. The average molecular weight is 387 g/mol. The lowest BCUT2D eigenvalue weighted by Gasteiger charge is -2.31. The van der Waals surface area contributed by atoms with Crippen LogP contribution < -0.4 is 5.46 Å². The molecule has 3 rings (SSSR count). The summed E-state index contributed by atoms with van der Waals surface area (Å²) in [5.41, 5.74) is 0.328. The fourth-order valence-corrected chi connectivity index (χ4v) is 3.09. The first-order chi connectivity index (χ1) is 13.3. The Morgan fingerprint density at radius 3 is 2.57 bits per heavy atom. The van der Waals surface area contributed by atoms with Crippen LogP contribution in [0.1, 0.15) is 18.1 Å². The molecule has 2 aromatic carbocycles. The van der Waals surface area contributed by atoms with Gasteiger partial charge in [-0.05, 0) is 17.9 Å². The van der Waals surface area contributed by atoms with Crippen molar-refractivity contribution < 1.29 is 29.2 Å². The van der Waals surface area contributed by atoms with Crippen LogP contribution in [0.15, 0.2) is 54.6 Å². The molecule has 0 saturated carbocycles. The Balaban J connectivity index is 1.66. The maximum Gasteiger partial charge on any atom is 0.494 e. The van der Waals surface area contributed by atoms with Crippen LogP contribution in [0.2, 0.25) is 0 Å². The summed E-state index contributed by atoms with van der Waals surface area (Å²) in [6.45, 7) is 0.795. The molecule has 0 bridgehead atoms. The first-order valence-corrected chi connectivity index (χ1v) is 8.86. The second-order valence-corrected chi connectivity index (χ2v) is 7.07. The highest BCUT2D eigenvalue weighted by atomic mass is 16.7. The van der Waals surface area contributed by atoms with E-state index in [1.165, 1.54) is 6.92 Å². The summed E-state index contributed by atoms with van der Waals surface area (Å²) in [5.74, 6) is -1.77. The van der Waals surface area contributed by atoms with Gasteiger partial charge in [-0.15, -0.1) is 0 Å². The average Bonchev–Trinajstić information content (AvgIpc) is 2.93. The van der Waals surface area contributed by atoms with Crippen LogP contribution in [0.4, 0.5) is 0 Å². The molecule has 28 heavy (non-hydrogen) atoms. The lowest BCUT2D eigenvalue weighted by molar-refractivity contribution is -0.521. The Morgan fingerprint density at radius 2 is 1.86 bits per heavy atom. The van der Waals surface area contributed by atoms with Crippen molar-refractivity contribution in [1.29, 1.82) is 0 Å². The van der Waals surface area contributed by atoms with Crippen LogP contribution in [0.5, 0.6) is 0 Å². The molecule has 2 N–H and O–H groups in total. The van der Waals surface area contributed by atoms with Crippen molar-refractivity contribution in [3.05, 3.63) is 75.8 Å². The third-order valence-corrected chi connectivity index (χ3v) is 4.42. The Kier molecular flexibility index (Phi) is 6.12. The van der Waals surface area contributed by atoms with Crippen LogP contribution >= 0.6 is 0 Å². The molecular formula is C19H22BNO7. The van der Waals surface area contributed by atoms with Gasteiger partial charge in [0, 0.05) is 10.5 Å². The standard InChI is InChI=1S/C19H22BNO7/c1-18(22,13-26-11-15-7-3-2-4-8-15)14-27-19(12-21(24)25)16-9-5-6-10-17(16)20(23)28-19/h2-10,22-23H,11-14H2,1H3. The van der Waals surface area contributed by atoms with Gasteiger partial charge in [-0.2, -0.15) is 0 Å². The molecule has 2 atom stereocenters. The summed E-state index contributed by atoms with van der Waals surface area (Å²) >= 11 is 0. The number of nitrogens with zero attached hydrogens (tertiary/aromatic N) is 1. The van der Waals surface area contributed by atoms with Crippen molar-refractivity contribution in [2.75, 3.05) is 19.8 Å². The van der Waals surface area contributed by atoms with E-state index in [1.807, 2.05) is 30.3 Å². The molecule has 9 heteroatoms. The molecule has 0 saturated heterocycles. The number of nitro groups is 1. The minimum absolute atomic E-state index is 0.0410. The van der Waals surface area contributed by atoms with Crippen LogP contribution in [-0.4, -0.2) is 47.5 Å². The van der Waals surface area contributed by atoms with Gasteiger partial charge >= 0.3 is 7.12 Å². The van der Waals surface area contributed by atoms with Gasteiger partial charge in [0.15, 0.2) is 0 Å². The molecule has 0 aromatic heterocycles. The van der Waals surface area contributed by atoms with Crippen LogP contribution in [-0.2, 0) is 26.5 Å². The topological polar surface area (TPSA) is 111 Å². The molecular weight excluding hydrogens is 365 g/mol. The summed E-state index contributed by atoms with van der Waals surface area (Å²) in [5, 5.41) is 31.9. The summed E-state index contributed by atoms with van der Waals surface area (Å²) in [7, 11) is -1.34. The van der Waals surface area contributed by atoms with E-state index in [0.29, 0.717) is 17.6 Å². The van der Waals surface area contributed by atoms with Gasteiger partial charge in [0.25, 0.3) is 12.3 Å². The van der Waals surface area contributed by atoms with Crippen molar-refractivity contribution >= 4 is 12.6 Å². The normalized spacial score (nSPS) is 20.6. The van der Waals surface area contributed by atoms with Gasteiger partial charge in [0.1, 0.15) is 5.60 Å². The van der Waals surface area contributed by atoms with Crippen LogP contribution in [0.3, 0.4) is 0 Å². The first kappa shape index (κ1) is 20.4. The maximum absolute atomic E-state index is 11.2. The van der Waals surface area contributed by atoms with Crippen molar-refractivity contribution in [2.24, 2.45) is 0 Å². The Hall–Kier alpha value is -2.30. The fraction of sp³-hybridized carbons (Fsp3) is 0.368. The molecule has 8 nitrogen and oxygen atoms in total. The van der Waals surface area contributed by atoms with Crippen LogP contribution in [0.25, 0.3) is 0 Å². The molecule has 1 aliphatic rings. The number of ether oxygens (including phenoxy) is 2. The van der Waals surface area contributed by atoms with Gasteiger partial charge in [-0.1, -0.05) is 54.6 Å². The molecule has 0 aliphatic carbocycles. The minimum Gasteiger partial charge on any atom is -0.423 e. The molecule has 1 aliphatic heterocycles. The van der Waals surface area contributed by atoms with Crippen molar-refractivity contribution in [1.82, 2.24) is 0 Å². The number of aliphatic hydroxyl groups is 1. The largest absolute Gasteiger partial charge is 0.494 e. The molecule has 0 radical (unpaired) electrons. The van der Waals surface area contributed by atoms with E-state index in [1.54, 1.807) is 24.3 Å². The predicted molar refractivity (Wildman–Crippen MR) is 101 cm³/mol. The number of hydrogen-bond acceptors (Lipinski definition) is 7. The highest BCUT2D eigenvalue weighted by Gasteiger charge is 2.52. The zero-order valence-electron chi connectivity index (χ0n) is 15.5. The lowest BCUT2D eigenvalue weighted by atomic mass is 9.79. The lowest BCUT2D eigenvalue weighted by Crippen LogP contribution is -2.45. The molecule has 0 spiro atoms. The monoisotopic (exact) mass is 387 g/mol. The van der Waals surface area contributed by atoms with E-state index in [0.717, 1.165) is 5.56 Å². The second-order valence-electron chi connectivity index (χ2n) is 7.07. The van der Waals surface area contributed by atoms with E-state index in [2.05, 4.69) is 0 Å². The van der Waals surface area contributed by atoms with Gasteiger partial charge in [0.2, 0.25) is 0 Å². The van der Waals surface area contributed by atoms with E-state index in [4.69, 9.17) is 14.1 Å². The van der Waals surface area contributed by atoms with E-state index >= 15 is 0 Å². The molecule has 2 unspecified atom stereocenters.